The molecule has 13 nitrogen and oxygen atoms in total. The van der Waals surface area contributed by atoms with Crippen LogP contribution in [0.5, 0.6) is 0 Å². The third-order valence-corrected chi connectivity index (χ3v) is 12.2. The number of ketones is 1. The fourth-order valence-corrected chi connectivity index (χ4v) is 8.96. The maximum Gasteiger partial charge on any atom is 0.309 e. The first-order valence-corrected chi connectivity index (χ1v) is 18.4. The topological polar surface area (TPSA) is 185 Å². The van der Waals surface area contributed by atoms with Gasteiger partial charge in [0.1, 0.15) is 29.7 Å². The average Bonchev–Trinajstić information content (AvgIpc) is 3.03. The van der Waals surface area contributed by atoms with Crippen molar-refractivity contribution >= 4 is 11.8 Å². The first-order chi connectivity index (χ1) is 22.9. The Morgan fingerprint density at radius 3 is 2.04 bits per heavy atom. The standard InChI is InChI=1S/C37H67NO12/c1-14-26-37(10,45)30(41)22(6)28(39)18(2)16-35(8,44)32(50-34-29(40)24(38(11)12)15-19(3)47-34)20(4)27(21(5)33(43)49-26)25-17-36(9,46-13)31(42)23(7)48-25/h18-27,29-32,34,40-42,44-45H,14-17H2,1-13H3/t18-,19-,20+,21-,22+,23+,24+,25-,26-,27?,29-,30-,31+,32-,34+,35-,36-,37-/m1/s1. The number of ether oxygens (including phenoxy) is 5. The van der Waals surface area contributed by atoms with E-state index in [0.717, 1.165) is 0 Å². The molecular formula is C37H67NO12. The van der Waals surface area contributed by atoms with E-state index in [-0.39, 0.29) is 31.4 Å². The molecule has 0 bridgehead atoms. The van der Waals surface area contributed by atoms with Crippen LogP contribution >= 0.6 is 0 Å². The molecule has 0 aliphatic carbocycles. The molecule has 0 aromatic heterocycles. The fraction of sp³-hybridized carbons (Fsp3) is 0.946. The van der Waals surface area contributed by atoms with Crippen molar-refractivity contribution < 1.29 is 58.8 Å². The Kier molecular flexibility index (Phi) is 14.2. The van der Waals surface area contributed by atoms with Gasteiger partial charge < -0.3 is 54.1 Å². The molecule has 0 radical (unpaired) electrons. The van der Waals surface area contributed by atoms with Crippen molar-refractivity contribution in [3.63, 3.8) is 0 Å². The summed E-state index contributed by atoms with van der Waals surface area (Å²) in [7, 11) is 5.23. The zero-order chi connectivity index (χ0) is 38.3. The minimum absolute atomic E-state index is 0.102. The lowest BCUT2D eigenvalue weighted by Crippen LogP contribution is -2.62. The monoisotopic (exact) mass is 717 g/mol. The number of nitrogens with zero attached hydrogens (tertiary/aromatic N) is 1. The summed E-state index contributed by atoms with van der Waals surface area (Å²) in [5, 5.41) is 58.0. The van der Waals surface area contributed by atoms with E-state index in [0.29, 0.717) is 6.42 Å². The first kappa shape index (κ1) is 43.1. The molecule has 0 amide bonds. The van der Waals surface area contributed by atoms with Crippen molar-refractivity contribution in [2.45, 2.75) is 173 Å². The van der Waals surface area contributed by atoms with Crippen LogP contribution in [0.15, 0.2) is 0 Å². The second-order valence-corrected chi connectivity index (χ2v) is 16.6. The average molecular weight is 718 g/mol. The summed E-state index contributed by atoms with van der Waals surface area (Å²) in [4.78, 5) is 29.9. The molecule has 1 unspecified atom stereocenters. The summed E-state index contributed by atoms with van der Waals surface area (Å²) in [6.07, 6.45) is -7.98. The van der Waals surface area contributed by atoms with E-state index < -0.39 is 107 Å². The molecule has 5 N–H and O–H groups in total. The number of Topliss-reactive ketones (excluding diaryl/α,β-unsaturated/α-hetero) is 1. The van der Waals surface area contributed by atoms with Gasteiger partial charge in [-0.3, -0.25) is 9.59 Å². The first-order valence-electron chi connectivity index (χ1n) is 18.4. The fourth-order valence-electron chi connectivity index (χ4n) is 8.96. The summed E-state index contributed by atoms with van der Waals surface area (Å²) in [5.74, 6) is -5.31. The third-order valence-electron chi connectivity index (χ3n) is 12.2. The minimum atomic E-state index is -1.97. The highest BCUT2D eigenvalue weighted by Crippen LogP contribution is 2.45. The molecule has 0 aromatic rings. The number of hydrogen-bond donors (Lipinski definition) is 5. The number of aliphatic hydroxyl groups is 5. The van der Waals surface area contributed by atoms with E-state index in [1.807, 2.05) is 32.8 Å². The second-order valence-electron chi connectivity index (χ2n) is 16.6. The molecule has 0 spiro atoms. The molecule has 50 heavy (non-hydrogen) atoms. The Bertz CT molecular complexity index is 1150. The lowest BCUT2D eigenvalue weighted by Gasteiger charge is -2.51. The van der Waals surface area contributed by atoms with Gasteiger partial charge in [0.25, 0.3) is 0 Å². The van der Waals surface area contributed by atoms with Gasteiger partial charge in [-0.25, -0.2) is 0 Å². The highest BCUT2D eigenvalue weighted by atomic mass is 16.7. The number of carbonyl (C=O) groups is 2. The Morgan fingerprint density at radius 2 is 1.50 bits per heavy atom. The molecule has 292 valence electrons. The van der Waals surface area contributed by atoms with Crippen LogP contribution in [0.2, 0.25) is 0 Å². The Balaban J connectivity index is 2.24. The van der Waals surface area contributed by atoms with Crippen LogP contribution in [0.25, 0.3) is 0 Å². The van der Waals surface area contributed by atoms with E-state index in [4.69, 9.17) is 23.7 Å². The number of likely N-dealkylation sites (N-methyl/N-ethyl adjacent to an activating group) is 1. The van der Waals surface area contributed by atoms with Gasteiger partial charge in [-0.05, 0) is 73.9 Å². The van der Waals surface area contributed by atoms with Crippen molar-refractivity contribution in [3.05, 3.63) is 0 Å². The molecule has 0 aromatic carbocycles. The molecule has 3 aliphatic rings. The van der Waals surface area contributed by atoms with Crippen LogP contribution in [-0.2, 0) is 33.3 Å². The van der Waals surface area contributed by atoms with Gasteiger partial charge in [-0.1, -0.05) is 34.6 Å². The van der Waals surface area contributed by atoms with E-state index in [2.05, 4.69) is 0 Å². The number of hydrogen-bond acceptors (Lipinski definition) is 13. The highest BCUT2D eigenvalue weighted by molar-refractivity contribution is 5.83. The van der Waals surface area contributed by atoms with Gasteiger partial charge in [-0.2, -0.15) is 0 Å². The molecule has 3 saturated heterocycles. The van der Waals surface area contributed by atoms with E-state index in [1.165, 1.54) is 21.0 Å². The molecule has 18 atom stereocenters. The van der Waals surface area contributed by atoms with Gasteiger partial charge in [-0.15, -0.1) is 0 Å². The van der Waals surface area contributed by atoms with Gasteiger partial charge >= 0.3 is 5.97 Å². The molecule has 13 heteroatoms. The lowest BCUT2D eigenvalue weighted by molar-refractivity contribution is -0.302. The SMILES string of the molecule is CC[C@H]1OC(=O)[C@H](C)C([C@H]2C[C@@](C)(OC)[C@@H](O)[C@H](C)O2)[C@H](C)[C@@H](O[C@@H]2O[C@H](C)C[C@H](N(C)C)[C@H]2O)[C@](C)(O)C[C@@H](C)C(=O)[C@H](C)[C@@H](O)[C@]1(C)O. The number of aliphatic hydroxyl groups excluding tert-OH is 3. The van der Waals surface area contributed by atoms with Crippen molar-refractivity contribution in [3.8, 4) is 0 Å². The van der Waals surface area contributed by atoms with Crippen molar-refractivity contribution in [2.75, 3.05) is 21.2 Å². The molecule has 0 saturated carbocycles. The minimum Gasteiger partial charge on any atom is -0.459 e. The smallest absolute Gasteiger partial charge is 0.309 e. The lowest BCUT2D eigenvalue weighted by atomic mass is 9.67. The summed E-state index contributed by atoms with van der Waals surface area (Å²) >= 11 is 0. The highest BCUT2D eigenvalue weighted by Gasteiger charge is 2.55. The van der Waals surface area contributed by atoms with Gasteiger partial charge in [0.05, 0.1) is 47.6 Å². The van der Waals surface area contributed by atoms with Crippen LogP contribution in [0.3, 0.4) is 0 Å². The predicted molar refractivity (Wildman–Crippen MR) is 185 cm³/mol. The van der Waals surface area contributed by atoms with E-state index >= 15 is 0 Å². The van der Waals surface area contributed by atoms with E-state index in [9.17, 15) is 35.1 Å². The van der Waals surface area contributed by atoms with Crippen molar-refractivity contribution in [1.29, 1.82) is 0 Å². The molecule has 3 rings (SSSR count). The number of cyclic esters (lactones) is 1. The van der Waals surface area contributed by atoms with Crippen LogP contribution in [0, 0.1) is 29.6 Å². The van der Waals surface area contributed by atoms with Crippen molar-refractivity contribution in [1.82, 2.24) is 4.90 Å². The van der Waals surface area contributed by atoms with Crippen LogP contribution in [0.4, 0.5) is 0 Å². The van der Waals surface area contributed by atoms with Crippen LogP contribution in [0.1, 0.15) is 94.9 Å². The summed E-state index contributed by atoms with van der Waals surface area (Å²) in [6, 6.07) is -0.305. The number of rotatable bonds is 6. The van der Waals surface area contributed by atoms with Crippen LogP contribution in [-0.4, -0.2) is 141 Å². The predicted octanol–water partition coefficient (Wildman–Crippen LogP) is 2.06. The normalized spacial score (nSPS) is 50.5. The Labute approximate surface area is 298 Å². The maximum absolute atomic E-state index is 14.2. The van der Waals surface area contributed by atoms with Crippen LogP contribution < -0.4 is 0 Å². The number of carbonyl (C=O) groups excluding carboxylic acids is 2. The van der Waals surface area contributed by atoms with E-state index in [1.54, 1.807) is 41.5 Å². The van der Waals surface area contributed by atoms with Gasteiger partial charge in [0.2, 0.25) is 0 Å². The molecule has 3 aliphatic heterocycles. The summed E-state index contributed by atoms with van der Waals surface area (Å²) in [6.45, 7) is 16.7. The second kappa shape index (κ2) is 16.4. The zero-order valence-electron chi connectivity index (χ0n) is 32.5. The molecular weight excluding hydrogens is 650 g/mol. The summed E-state index contributed by atoms with van der Waals surface area (Å²) < 4.78 is 31.1. The van der Waals surface area contributed by atoms with Gasteiger partial charge in [0, 0.05) is 37.3 Å². The Hall–Kier alpha value is -1.26. The number of methoxy groups -OCH3 is 1. The molecule has 3 fully saturated rings. The Morgan fingerprint density at radius 1 is 0.900 bits per heavy atom. The largest absolute Gasteiger partial charge is 0.459 e. The zero-order valence-corrected chi connectivity index (χ0v) is 32.5. The molecule has 3 heterocycles. The third kappa shape index (κ3) is 8.75. The van der Waals surface area contributed by atoms with Crippen molar-refractivity contribution in [2.24, 2.45) is 29.6 Å². The van der Waals surface area contributed by atoms with Gasteiger partial charge in [0.15, 0.2) is 6.29 Å². The summed E-state index contributed by atoms with van der Waals surface area (Å²) in [5.41, 5.74) is -4.76. The maximum atomic E-state index is 14.2. The number of esters is 1. The quantitative estimate of drug-likeness (QED) is 0.252.